The molecule has 0 aromatic carbocycles. The number of anilines is 1. The van der Waals surface area contributed by atoms with Crippen LogP contribution in [-0.4, -0.2) is 55.4 Å². The summed E-state index contributed by atoms with van der Waals surface area (Å²) in [5, 5.41) is 0. The molecule has 0 spiro atoms. The van der Waals surface area contributed by atoms with E-state index in [-0.39, 0.29) is 5.56 Å². The molecule has 0 radical (unpaired) electrons. The van der Waals surface area contributed by atoms with Crippen molar-refractivity contribution in [3.63, 3.8) is 0 Å². The standard InChI is InChI=1S/C23H25N7O/c1-16-17(2)25-22(27-23(16)31)18-6-7-20(24-13-18)29-11-9-28(10-12-29)14-19-15-30-8-4-3-5-21(30)26-19/h3-8,13,15H,9-12,14H2,1-2H3,(H,25,27,31). The van der Waals surface area contributed by atoms with Crippen LogP contribution in [0.2, 0.25) is 0 Å². The number of hydrogen-bond donors (Lipinski definition) is 1. The fourth-order valence-corrected chi connectivity index (χ4v) is 3.92. The van der Waals surface area contributed by atoms with Crippen LogP contribution >= 0.6 is 0 Å². The van der Waals surface area contributed by atoms with Crippen molar-refractivity contribution in [2.75, 3.05) is 31.1 Å². The highest BCUT2D eigenvalue weighted by Crippen LogP contribution is 2.19. The van der Waals surface area contributed by atoms with Crippen LogP contribution < -0.4 is 10.5 Å². The molecule has 158 valence electrons. The molecule has 0 bridgehead atoms. The molecule has 4 aromatic heterocycles. The molecule has 5 rings (SSSR count). The Morgan fingerprint density at radius 3 is 2.58 bits per heavy atom. The first kappa shape index (κ1) is 19.4. The summed E-state index contributed by atoms with van der Waals surface area (Å²) in [6, 6.07) is 10.0. The molecule has 5 heterocycles. The number of nitrogens with zero attached hydrogens (tertiary/aromatic N) is 6. The number of aromatic amines is 1. The van der Waals surface area contributed by atoms with Gasteiger partial charge in [-0.2, -0.15) is 0 Å². The zero-order valence-electron chi connectivity index (χ0n) is 17.7. The summed E-state index contributed by atoms with van der Waals surface area (Å²) < 4.78 is 2.06. The van der Waals surface area contributed by atoms with Crippen molar-refractivity contribution in [1.82, 2.24) is 29.2 Å². The zero-order chi connectivity index (χ0) is 21.4. The van der Waals surface area contributed by atoms with Crippen LogP contribution in [0.15, 0.2) is 53.7 Å². The lowest BCUT2D eigenvalue weighted by Gasteiger charge is -2.35. The lowest BCUT2D eigenvalue weighted by atomic mass is 10.2. The zero-order valence-corrected chi connectivity index (χ0v) is 17.7. The van der Waals surface area contributed by atoms with Crippen molar-refractivity contribution >= 4 is 11.5 Å². The van der Waals surface area contributed by atoms with E-state index in [2.05, 4.69) is 35.3 Å². The van der Waals surface area contributed by atoms with E-state index < -0.39 is 0 Å². The number of imidazole rings is 1. The van der Waals surface area contributed by atoms with Crippen LogP contribution in [-0.2, 0) is 6.54 Å². The maximum Gasteiger partial charge on any atom is 0.254 e. The van der Waals surface area contributed by atoms with Gasteiger partial charge in [-0.1, -0.05) is 6.07 Å². The topological polar surface area (TPSA) is 82.4 Å². The molecule has 1 aliphatic rings. The number of aromatic nitrogens is 5. The molecular weight excluding hydrogens is 390 g/mol. The lowest BCUT2D eigenvalue weighted by Crippen LogP contribution is -2.46. The Kier molecular flexibility index (Phi) is 4.99. The number of pyridine rings is 2. The molecule has 0 saturated carbocycles. The molecule has 8 nitrogen and oxygen atoms in total. The number of hydrogen-bond acceptors (Lipinski definition) is 6. The predicted molar refractivity (Wildman–Crippen MR) is 120 cm³/mol. The summed E-state index contributed by atoms with van der Waals surface area (Å²) >= 11 is 0. The van der Waals surface area contributed by atoms with Gasteiger partial charge in [0.25, 0.3) is 5.56 Å². The van der Waals surface area contributed by atoms with Gasteiger partial charge in [-0.3, -0.25) is 9.69 Å². The second-order valence-electron chi connectivity index (χ2n) is 7.99. The average Bonchev–Trinajstić information content (AvgIpc) is 3.20. The van der Waals surface area contributed by atoms with Gasteiger partial charge in [-0.25, -0.2) is 15.0 Å². The van der Waals surface area contributed by atoms with Crippen LogP contribution in [0.3, 0.4) is 0 Å². The molecular formula is C23H25N7O. The van der Waals surface area contributed by atoms with E-state index in [9.17, 15) is 4.79 Å². The minimum absolute atomic E-state index is 0.103. The van der Waals surface area contributed by atoms with E-state index in [1.807, 2.05) is 43.5 Å². The smallest absolute Gasteiger partial charge is 0.254 e. The number of rotatable bonds is 4. The van der Waals surface area contributed by atoms with E-state index >= 15 is 0 Å². The van der Waals surface area contributed by atoms with Gasteiger partial charge in [0.15, 0.2) is 0 Å². The summed E-state index contributed by atoms with van der Waals surface area (Å²) in [6.07, 6.45) is 5.92. The van der Waals surface area contributed by atoms with Gasteiger partial charge in [0, 0.05) is 68.1 Å². The second kappa shape index (κ2) is 7.96. The first-order valence-corrected chi connectivity index (χ1v) is 10.5. The Labute approximate surface area is 180 Å². The summed E-state index contributed by atoms with van der Waals surface area (Å²) in [4.78, 5) is 33.4. The van der Waals surface area contributed by atoms with Crippen LogP contribution in [0.4, 0.5) is 5.82 Å². The van der Waals surface area contributed by atoms with Gasteiger partial charge in [0.1, 0.15) is 17.3 Å². The van der Waals surface area contributed by atoms with Crippen molar-refractivity contribution in [2.24, 2.45) is 0 Å². The Morgan fingerprint density at radius 2 is 1.87 bits per heavy atom. The van der Waals surface area contributed by atoms with Gasteiger partial charge >= 0.3 is 0 Å². The van der Waals surface area contributed by atoms with Gasteiger partial charge in [0.05, 0.1) is 5.69 Å². The molecule has 0 amide bonds. The maximum absolute atomic E-state index is 12.0. The number of fused-ring (bicyclic) bond motifs is 1. The molecule has 1 aliphatic heterocycles. The molecule has 8 heteroatoms. The third kappa shape index (κ3) is 3.94. The fraction of sp³-hybridized carbons (Fsp3) is 0.304. The monoisotopic (exact) mass is 415 g/mol. The predicted octanol–water partition coefficient (Wildman–Crippen LogP) is 2.42. The van der Waals surface area contributed by atoms with Gasteiger partial charge < -0.3 is 14.3 Å². The maximum atomic E-state index is 12.0. The average molecular weight is 416 g/mol. The Bertz CT molecular complexity index is 1230. The van der Waals surface area contributed by atoms with Crippen LogP contribution in [0.25, 0.3) is 17.0 Å². The highest BCUT2D eigenvalue weighted by molar-refractivity contribution is 5.56. The summed E-state index contributed by atoms with van der Waals surface area (Å²) in [7, 11) is 0. The number of piperazine rings is 1. The molecule has 0 atom stereocenters. The number of aryl methyl sites for hydroxylation is 1. The van der Waals surface area contributed by atoms with Crippen molar-refractivity contribution in [1.29, 1.82) is 0 Å². The summed E-state index contributed by atoms with van der Waals surface area (Å²) in [6.45, 7) is 8.24. The third-order valence-corrected chi connectivity index (χ3v) is 5.91. The highest BCUT2D eigenvalue weighted by Gasteiger charge is 2.19. The second-order valence-corrected chi connectivity index (χ2v) is 7.99. The molecule has 0 unspecified atom stereocenters. The molecule has 4 aromatic rings. The molecule has 0 aliphatic carbocycles. The lowest BCUT2D eigenvalue weighted by molar-refractivity contribution is 0.247. The van der Waals surface area contributed by atoms with Gasteiger partial charge in [-0.05, 0) is 38.1 Å². The number of H-pyrrole nitrogens is 1. The third-order valence-electron chi connectivity index (χ3n) is 5.91. The quantitative estimate of drug-likeness (QED) is 0.551. The van der Waals surface area contributed by atoms with E-state index in [4.69, 9.17) is 4.98 Å². The summed E-state index contributed by atoms with van der Waals surface area (Å²) in [5.74, 6) is 1.51. The number of nitrogens with one attached hydrogen (secondary N) is 1. The molecule has 31 heavy (non-hydrogen) atoms. The molecule has 1 saturated heterocycles. The first-order valence-electron chi connectivity index (χ1n) is 10.5. The van der Waals surface area contributed by atoms with Crippen LogP contribution in [0.1, 0.15) is 17.0 Å². The van der Waals surface area contributed by atoms with Crippen molar-refractivity contribution in [3.05, 3.63) is 76.2 Å². The van der Waals surface area contributed by atoms with E-state index in [1.165, 1.54) is 0 Å². The van der Waals surface area contributed by atoms with Gasteiger partial charge in [-0.15, -0.1) is 0 Å². The van der Waals surface area contributed by atoms with E-state index in [0.717, 1.165) is 61.1 Å². The molecule has 1 fully saturated rings. The Morgan fingerprint density at radius 1 is 1.03 bits per heavy atom. The van der Waals surface area contributed by atoms with Crippen molar-refractivity contribution in [3.8, 4) is 11.4 Å². The van der Waals surface area contributed by atoms with Gasteiger partial charge in [0.2, 0.25) is 0 Å². The fourth-order valence-electron chi connectivity index (χ4n) is 3.92. The first-order chi connectivity index (χ1) is 15.1. The minimum Gasteiger partial charge on any atom is -0.354 e. The highest BCUT2D eigenvalue weighted by atomic mass is 16.1. The van der Waals surface area contributed by atoms with Crippen LogP contribution in [0.5, 0.6) is 0 Å². The van der Waals surface area contributed by atoms with Crippen molar-refractivity contribution < 1.29 is 0 Å². The van der Waals surface area contributed by atoms with Crippen molar-refractivity contribution in [2.45, 2.75) is 20.4 Å². The minimum atomic E-state index is -0.103. The van der Waals surface area contributed by atoms with E-state index in [1.54, 1.807) is 13.1 Å². The Hall–Kier alpha value is -3.52. The normalized spacial score (nSPS) is 15.0. The van der Waals surface area contributed by atoms with E-state index in [0.29, 0.717) is 11.4 Å². The molecule has 1 N–H and O–H groups in total. The SMILES string of the molecule is Cc1nc(-c2ccc(N3CCN(Cc4cn5ccccc5n4)CC3)nc2)[nH]c(=O)c1C. The largest absolute Gasteiger partial charge is 0.354 e. The Balaban J connectivity index is 1.23. The van der Waals surface area contributed by atoms with Crippen LogP contribution in [0, 0.1) is 13.8 Å². The summed E-state index contributed by atoms with van der Waals surface area (Å²) in [5.41, 5.74) is 4.18.